The lowest BCUT2D eigenvalue weighted by atomic mass is 9.96. The molecule has 3 rings (SSSR count). The Balaban J connectivity index is 1.73. The number of halogens is 1. The van der Waals surface area contributed by atoms with Crippen molar-refractivity contribution < 1.29 is 9.18 Å². The lowest BCUT2D eigenvalue weighted by Crippen LogP contribution is -2.45. The minimum atomic E-state index is -0.281. The summed E-state index contributed by atoms with van der Waals surface area (Å²) in [6.07, 6.45) is 4.49. The molecule has 2 heterocycles. The topological polar surface area (TPSA) is 58.1 Å². The molecule has 6 heteroatoms. The first-order chi connectivity index (χ1) is 12.6. The highest BCUT2D eigenvalue weighted by Gasteiger charge is 2.27. The quantitative estimate of drug-likeness (QED) is 0.892. The Morgan fingerprint density at radius 2 is 2.12 bits per heavy atom. The maximum atomic E-state index is 13.1. The van der Waals surface area contributed by atoms with E-state index in [1.54, 1.807) is 18.3 Å². The van der Waals surface area contributed by atoms with E-state index in [1.165, 1.54) is 12.1 Å². The second kappa shape index (κ2) is 8.25. The van der Waals surface area contributed by atoms with Gasteiger partial charge >= 0.3 is 0 Å². The fraction of sp³-hybridized carbons (Fsp3) is 0.450. The maximum absolute atomic E-state index is 13.1. The van der Waals surface area contributed by atoms with E-state index in [0.29, 0.717) is 12.4 Å². The van der Waals surface area contributed by atoms with E-state index >= 15 is 0 Å². The standard InChI is InChI=1S/C20H25FN4O/c1-3-14(2)23-20(26)16-5-4-12-25(13-16)18-10-11-22-19(24-18)15-6-8-17(21)9-7-15/h6-11,14,16H,3-5,12-13H2,1-2H3,(H,23,26)/t14-,16+/m0/s1. The number of hydrogen-bond acceptors (Lipinski definition) is 4. The molecular weight excluding hydrogens is 331 g/mol. The molecule has 0 radical (unpaired) electrons. The van der Waals surface area contributed by atoms with Crippen molar-refractivity contribution in [3.05, 3.63) is 42.3 Å². The Morgan fingerprint density at radius 3 is 2.85 bits per heavy atom. The molecule has 1 aromatic carbocycles. The van der Waals surface area contributed by atoms with Gasteiger partial charge in [0.1, 0.15) is 11.6 Å². The van der Waals surface area contributed by atoms with E-state index in [0.717, 1.165) is 37.2 Å². The second-order valence-electron chi connectivity index (χ2n) is 6.85. The molecule has 138 valence electrons. The average Bonchev–Trinajstić information content (AvgIpc) is 2.68. The number of benzene rings is 1. The van der Waals surface area contributed by atoms with Crippen LogP contribution in [0.25, 0.3) is 11.4 Å². The van der Waals surface area contributed by atoms with E-state index < -0.39 is 0 Å². The number of hydrogen-bond donors (Lipinski definition) is 1. The van der Waals surface area contributed by atoms with Crippen LogP contribution in [0.5, 0.6) is 0 Å². The first-order valence-corrected chi connectivity index (χ1v) is 9.21. The number of carbonyl (C=O) groups excluding carboxylic acids is 1. The molecule has 0 aliphatic carbocycles. The minimum absolute atomic E-state index is 0.0259. The Kier molecular flexibility index (Phi) is 5.81. The largest absolute Gasteiger partial charge is 0.356 e. The fourth-order valence-corrected chi connectivity index (χ4v) is 3.13. The third kappa shape index (κ3) is 4.36. The van der Waals surface area contributed by atoms with Crippen LogP contribution in [0.3, 0.4) is 0 Å². The van der Waals surface area contributed by atoms with Gasteiger partial charge in [0.2, 0.25) is 5.91 Å². The number of anilines is 1. The third-order valence-corrected chi connectivity index (χ3v) is 4.86. The molecule has 1 aliphatic rings. The summed E-state index contributed by atoms with van der Waals surface area (Å²) in [5, 5.41) is 3.08. The summed E-state index contributed by atoms with van der Waals surface area (Å²) in [6, 6.07) is 8.22. The summed E-state index contributed by atoms with van der Waals surface area (Å²) in [6.45, 7) is 5.61. The number of carbonyl (C=O) groups is 1. The first kappa shape index (κ1) is 18.3. The minimum Gasteiger partial charge on any atom is -0.356 e. The highest BCUT2D eigenvalue weighted by atomic mass is 19.1. The average molecular weight is 356 g/mol. The van der Waals surface area contributed by atoms with Crippen molar-refractivity contribution in [1.29, 1.82) is 0 Å². The predicted octanol–water partition coefficient (Wildman–Crippen LogP) is 3.41. The molecule has 1 fully saturated rings. The van der Waals surface area contributed by atoms with Crippen molar-refractivity contribution in [3.63, 3.8) is 0 Å². The zero-order valence-electron chi connectivity index (χ0n) is 15.3. The van der Waals surface area contributed by atoms with Crippen LogP contribution in [0.15, 0.2) is 36.5 Å². The Morgan fingerprint density at radius 1 is 1.35 bits per heavy atom. The van der Waals surface area contributed by atoms with Gasteiger partial charge < -0.3 is 10.2 Å². The SMILES string of the molecule is CC[C@H](C)NC(=O)[C@@H]1CCCN(c2ccnc(-c3ccc(F)cc3)n2)C1. The van der Waals surface area contributed by atoms with Crippen LogP contribution in [-0.4, -0.2) is 35.0 Å². The van der Waals surface area contributed by atoms with Crippen LogP contribution < -0.4 is 10.2 Å². The Bertz CT molecular complexity index is 750. The van der Waals surface area contributed by atoms with Crippen LogP contribution >= 0.6 is 0 Å². The van der Waals surface area contributed by atoms with Gasteiger partial charge in [-0.25, -0.2) is 14.4 Å². The van der Waals surface area contributed by atoms with Crippen molar-refractivity contribution in [3.8, 4) is 11.4 Å². The van der Waals surface area contributed by atoms with Crippen molar-refractivity contribution in [1.82, 2.24) is 15.3 Å². The number of piperidine rings is 1. The molecule has 1 saturated heterocycles. The molecule has 1 amide bonds. The van der Waals surface area contributed by atoms with Crippen LogP contribution in [-0.2, 0) is 4.79 Å². The summed E-state index contributed by atoms with van der Waals surface area (Å²) in [5.41, 5.74) is 0.774. The van der Waals surface area contributed by atoms with E-state index in [9.17, 15) is 9.18 Å². The van der Waals surface area contributed by atoms with Gasteiger partial charge in [0.15, 0.2) is 5.82 Å². The van der Waals surface area contributed by atoms with Gasteiger partial charge in [-0.3, -0.25) is 4.79 Å². The van der Waals surface area contributed by atoms with Crippen molar-refractivity contribution in [2.24, 2.45) is 5.92 Å². The monoisotopic (exact) mass is 356 g/mol. The summed E-state index contributed by atoms with van der Waals surface area (Å²) in [5.74, 6) is 1.18. The van der Waals surface area contributed by atoms with Gasteiger partial charge in [0.05, 0.1) is 5.92 Å². The summed E-state index contributed by atoms with van der Waals surface area (Å²) >= 11 is 0. The maximum Gasteiger partial charge on any atom is 0.225 e. The lowest BCUT2D eigenvalue weighted by molar-refractivity contribution is -0.125. The normalized spacial score (nSPS) is 18.4. The summed E-state index contributed by atoms with van der Waals surface area (Å²) in [7, 11) is 0. The zero-order chi connectivity index (χ0) is 18.5. The molecule has 0 bridgehead atoms. The van der Waals surface area contributed by atoms with Crippen LogP contribution in [0.1, 0.15) is 33.1 Å². The van der Waals surface area contributed by atoms with E-state index in [4.69, 9.17) is 0 Å². The van der Waals surface area contributed by atoms with Crippen LogP contribution in [0.2, 0.25) is 0 Å². The molecule has 1 aromatic heterocycles. The van der Waals surface area contributed by atoms with Gasteiger partial charge in [0, 0.05) is 30.9 Å². The second-order valence-corrected chi connectivity index (χ2v) is 6.85. The number of amides is 1. The number of nitrogens with one attached hydrogen (secondary N) is 1. The lowest BCUT2D eigenvalue weighted by Gasteiger charge is -2.33. The first-order valence-electron chi connectivity index (χ1n) is 9.21. The van der Waals surface area contributed by atoms with Crippen molar-refractivity contribution in [2.75, 3.05) is 18.0 Å². The zero-order valence-corrected chi connectivity index (χ0v) is 15.3. The van der Waals surface area contributed by atoms with E-state index in [1.807, 2.05) is 13.0 Å². The molecule has 2 atom stereocenters. The Hall–Kier alpha value is -2.50. The molecule has 0 spiro atoms. The number of nitrogens with zero attached hydrogens (tertiary/aromatic N) is 3. The molecule has 26 heavy (non-hydrogen) atoms. The molecule has 1 aliphatic heterocycles. The van der Waals surface area contributed by atoms with Crippen molar-refractivity contribution in [2.45, 2.75) is 39.2 Å². The van der Waals surface area contributed by atoms with E-state index in [2.05, 4.69) is 27.1 Å². The van der Waals surface area contributed by atoms with Crippen molar-refractivity contribution >= 4 is 11.7 Å². The molecular formula is C20H25FN4O. The molecule has 0 saturated carbocycles. The van der Waals surface area contributed by atoms with E-state index in [-0.39, 0.29) is 23.7 Å². The van der Waals surface area contributed by atoms with Gasteiger partial charge in [-0.15, -0.1) is 0 Å². The van der Waals surface area contributed by atoms with Gasteiger partial charge in [-0.05, 0) is 56.5 Å². The summed E-state index contributed by atoms with van der Waals surface area (Å²) < 4.78 is 13.1. The summed E-state index contributed by atoms with van der Waals surface area (Å²) in [4.78, 5) is 23.5. The molecule has 1 N–H and O–H groups in total. The number of aromatic nitrogens is 2. The smallest absolute Gasteiger partial charge is 0.225 e. The van der Waals surface area contributed by atoms with Gasteiger partial charge in [-0.1, -0.05) is 6.92 Å². The highest BCUT2D eigenvalue weighted by Crippen LogP contribution is 2.24. The molecule has 2 aromatic rings. The molecule has 5 nitrogen and oxygen atoms in total. The molecule has 0 unspecified atom stereocenters. The highest BCUT2D eigenvalue weighted by molar-refractivity contribution is 5.79. The Labute approximate surface area is 153 Å². The number of rotatable bonds is 5. The third-order valence-electron chi connectivity index (χ3n) is 4.86. The predicted molar refractivity (Wildman–Crippen MR) is 100 cm³/mol. The van der Waals surface area contributed by atoms with Gasteiger partial charge in [-0.2, -0.15) is 0 Å². The fourth-order valence-electron chi connectivity index (χ4n) is 3.13. The van der Waals surface area contributed by atoms with Crippen LogP contribution in [0.4, 0.5) is 10.2 Å². The van der Waals surface area contributed by atoms with Gasteiger partial charge in [0.25, 0.3) is 0 Å². The van der Waals surface area contributed by atoms with Crippen LogP contribution in [0, 0.1) is 11.7 Å².